The first-order valence-electron chi connectivity index (χ1n) is 5.33. The molecule has 3 nitrogen and oxygen atoms in total. The van der Waals surface area contributed by atoms with Gasteiger partial charge in [0.1, 0.15) is 0 Å². The van der Waals surface area contributed by atoms with E-state index in [9.17, 15) is 0 Å². The minimum absolute atomic E-state index is 0.703. The van der Waals surface area contributed by atoms with E-state index >= 15 is 0 Å². The lowest BCUT2D eigenvalue weighted by Gasteiger charge is -2.48. The molecule has 0 atom stereocenters. The summed E-state index contributed by atoms with van der Waals surface area (Å²) in [5, 5.41) is 0. The summed E-state index contributed by atoms with van der Waals surface area (Å²) in [6.45, 7) is 7.94. The maximum Gasteiger partial charge on any atom is 0.0645 e. The fourth-order valence-corrected chi connectivity index (χ4v) is 2.06. The molecule has 0 radical (unpaired) electrons. The Morgan fingerprint density at radius 2 is 2.00 bits per heavy atom. The predicted molar refractivity (Wildman–Crippen MR) is 52.9 cm³/mol. The van der Waals surface area contributed by atoms with Gasteiger partial charge in [0.15, 0.2) is 0 Å². The molecule has 0 saturated carbocycles. The molecule has 0 aromatic rings. The van der Waals surface area contributed by atoms with E-state index < -0.39 is 0 Å². The van der Waals surface area contributed by atoms with Crippen LogP contribution in [0.1, 0.15) is 13.3 Å². The second-order valence-electron chi connectivity index (χ2n) is 4.27. The van der Waals surface area contributed by atoms with Crippen LogP contribution in [0.3, 0.4) is 0 Å². The van der Waals surface area contributed by atoms with E-state index in [4.69, 9.17) is 4.74 Å². The van der Waals surface area contributed by atoms with Gasteiger partial charge in [0.25, 0.3) is 0 Å². The molecule has 2 saturated heterocycles. The van der Waals surface area contributed by atoms with Crippen molar-refractivity contribution in [2.45, 2.75) is 25.4 Å². The number of hydrogen-bond donors (Lipinski definition) is 0. The molecule has 13 heavy (non-hydrogen) atoms. The Morgan fingerprint density at radius 1 is 1.31 bits per heavy atom. The van der Waals surface area contributed by atoms with E-state index in [1.807, 2.05) is 0 Å². The second kappa shape index (κ2) is 3.95. The standard InChI is InChI=1S/C10H20N2O/c1-3-4-12-5-9(6-12)11(2)10-7-13-8-10/h9-10H,3-8H2,1-2H3. The van der Waals surface area contributed by atoms with Gasteiger partial charge in [-0.25, -0.2) is 0 Å². The Balaban J connectivity index is 1.66. The number of likely N-dealkylation sites (N-methyl/N-ethyl adjacent to an activating group) is 1. The summed E-state index contributed by atoms with van der Waals surface area (Å²) in [5.41, 5.74) is 0. The van der Waals surface area contributed by atoms with E-state index in [-0.39, 0.29) is 0 Å². The number of ether oxygens (including phenoxy) is 1. The fraction of sp³-hybridized carbons (Fsp3) is 1.00. The van der Waals surface area contributed by atoms with Crippen molar-refractivity contribution in [3.8, 4) is 0 Å². The summed E-state index contributed by atoms with van der Waals surface area (Å²) in [7, 11) is 2.24. The molecule has 0 aliphatic carbocycles. The quantitative estimate of drug-likeness (QED) is 0.629. The van der Waals surface area contributed by atoms with Crippen molar-refractivity contribution >= 4 is 0 Å². The Kier molecular flexibility index (Phi) is 2.86. The summed E-state index contributed by atoms with van der Waals surface area (Å²) >= 11 is 0. The van der Waals surface area contributed by atoms with Gasteiger partial charge in [0.2, 0.25) is 0 Å². The van der Waals surface area contributed by atoms with Crippen LogP contribution < -0.4 is 0 Å². The SMILES string of the molecule is CCCN1CC(N(C)C2COC2)C1. The lowest BCUT2D eigenvalue weighted by molar-refractivity contribution is -0.0925. The first-order chi connectivity index (χ1) is 6.31. The summed E-state index contributed by atoms with van der Waals surface area (Å²) < 4.78 is 5.19. The maximum absolute atomic E-state index is 5.19. The first kappa shape index (κ1) is 9.44. The number of likely N-dealkylation sites (tertiary alicyclic amines) is 1. The van der Waals surface area contributed by atoms with Crippen LogP contribution in [-0.4, -0.2) is 61.8 Å². The molecule has 0 unspecified atom stereocenters. The van der Waals surface area contributed by atoms with E-state index in [0.29, 0.717) is 6.04 Å². The molecule has 0 aromatic heterocycles. The van der Waals surface area contributed by atoms with Crippen molar-refractivity contribution in [2.75, 3.05) is 39.9 Å². The van der Waals surface area contributed by atoms with Gasteiger partial charge in [0.05, 0.1) is 19.3 Å². The molecular formula is C10H20N2O. The van der Waals surface area contributed by atoms with Crippen LogP contribution in [0.25, 0.3) is 0 Å². The average Bonchev–Trinajstić information content (AvgIpc) is 1.91. The van der Waals surface area contributed by atoms with E-state index in [1.165, 1.54) is 26.1 Å². The monoisotopic (exact) mass is 184 g/mol. The highest BCUT2D eigenvalue weighted by molar-refractivity contribution is 4.90. The van der Waals surface area contributed by atoms with Gasteiger partial charge in [0, 0.05) is 19.1 Å². The predicted octanol–water partition coefficient (Wildman–Crippen LogP) is 0.411. The normalized spacial score (nSPS) is 26.1. The van der Waals surface area contributed by atoms with Crippen molar-refractivity contribution in [1.82, 2.24) is 9.80 Å². The molecule has 2 fully saturated rings. The van der Waals surface area contributed by atoms with Crippen LogP contribution in [0.5, 0.6) is 0 Å². The summed E-state index contributed by atoms with van der Waals surface area (Å²) in [6, 6.07) is 1.49. The van der Waals surface area contributed by atoms with Crippen molar-refractivity contribution < 1.29 is 4.74 Å². The van der Waals surface area contributed by atoms with E-state index in [0.717, 1.165) is 19.3 Å². The third kappa shape index (κ3) is 1.87. The summed E-state index contributed by atoms with van der Waals surface area (Å²) in [4.78, 5) is 5.02. The van der Waals surface area contributed by atoms with Gasteiger partial charge in [-0.05, 0) is 20.0 Å². The number of hydrogen-bond acceptors (Lipinski definition) is 3. The summed E-state index contributed by atoms with van der Waals surface area (Å²) in [5.74, 6) is 0. The van der Waals surface area contributed by atoms with Crippen LogP contribution in [0.2, 0.25) is 0 Å². The highest BCUT2D eigenvalue weighted by Gasteiger charge is 2.35. The average molecular weight is 184 g/mol. The second-order valence-corrected chi connectivity index (χ2v) is 4.27. The fourth-order valence-electron chi connectivity index (χ4n) is 2.06. The third-order valence-corrected chi connectivity index (χ3v) is 3.25. The van der Waals surface area contributed by atoms with Crippen molar-refractivity contribution in [2.24, 2.45) is 0 Å². The largest absolute Gasteiger partial charge is 0.378 e. The minimum atomic E-state index is 0.703. The maximum atomic E-state index is 5.19. The molecule has 2 rings (SSSR count). The van der Waals surface area contributed by atoms with E-state index in [1.54, 1.807) is 0 Å². The van der Waals surface area contributed by atoms with Gasteiger partial charge in [-0.3, -0.25) is 4.90 Å². The van der Waals surface area contributed by atoms with Crippen LogP contribution in [0.4, 0.5) is 0 Å². The smallest absolute Gasteiger partial charge is 0.0645 e. The number of rotatable bonds is 4. The topological polar surface area (TPSA) is 15.7 Å². The third-order valence-electron chi connectivity index (χ3n) is 3.25. The highest BCUT2D eigenvalue weighted by Crippen LogP contribution is 2.19. The van der Waals surface area contributed by atoms with Gasteiger partial charge in [-0.1, -0.05) is 6.92 Å². The summed E-state index contributed by atoms with van der Waals surface area (Å²) in [6.07, 6.45) is 1.28. The zero-order chi connectivity index (χ0) is 9.26. The lowest BCUT2D eigenvalue weighted by atomic mass is 10.0. The van der Waals surface area contributed by atoms with Crippen molar-refractivity contribution in [3.05, 3.63) is 0 Å². The van der Waals surface area contributed by atoms with Crippen LogP contribution in [0, 0.1) is 0 Å². The molecule has 2 aliphatic heterocycles. The molecule has 0 aromatic carbocycles. The molecule has 3 heteroatoms. The first-order valence-corrected chi connectivity index (χ1v) is 5.33. The zero-order valence-corrected chi connectivity index (χ0v) is 8.70. The van der Waals surface area contributed by atoms with Crippen molar-refractivity contribution in [1.29, 1.82) is 0 Å². The molecule has 76 valence electrons. The lowest BCUT2D eigenvalue weighted by Crippen LogP contribution is -2.63. The molecular weight excluding hydrogens is 164 g/mol. The van der Waals surface area contributed by atoms with Crippen LogP contribution in [-0.2, 0) is 4.74 Å². The minimum Gasteiger partial charge on any atom is -0.378 e. The molecule has 0 bridgehead atoms. The molecule has 2 aliphatic rings. The Labute approximate surface area is 80.6 Å². The van der Waals surface area contributed by atoms with Gasteiger partial charge >= 0.3 is 0 Å². The van der Waals surface area contributed by atoms with Gasteiger partial charge < -0.3 is 9.64 Å². The van der Waals surface area contributed by atoms with E-state index in [2.05, 4.69) is 23.8 Å². The van der Waals surface area contributed by atoms with Crippen molar-refractivity contribution in [3.63, 3.8) is 0 Å². The van der Waals surface area contributed by atoms with Gasteiger partial charge in [-0.2, -0.15) is 0 Å². The van der Waals surface area contributed by atoms with Crippen LogP contribution in [0.15, 0.2) is 0 Å². The Bertz CT molecular complexity index is 164. The molecule has 0 spiro atoms. The Hall–Kier alpha value is -0.120. The highest BCUT2D eigenvalue weighted by atomic mass is 16.5. The number of nitrogens with zero attached hydrogens (tertiary/aromatic N) is 2. The Morgan fingerprint density at radius 3 is 2.46 bits per heavy atom. The molecule has 0 amide bonds. The molecule has 0 N–H and O–H groups in total. The zero-order valence-electron chi connectivity index (χ0n) is 8.70. The van der Waals surface area contributed by atoms with Gasteiger partial charge in [-0.15, -0.1) is 0 Å². The van der Waals surface area contributed by atoms with Crippen LogP contribution >= 0.6 is 0 Å². The molecule has 2 heterocycles.